The summed E-state index contributed by atoms with van der Waals surface area (Å²) in [5.41, 5.74) is 0.343. The van der Waals surface area contributed by atoms with Gasteiger partial charge in [-0.3, -0.25) is 4.79 Å². The molecule has 0 aliphatic carbocycles. The number of ether oxygens (including phenoxy) is 1. The summed E-state index contributed by atoms with van der Waals surface area (Å²) in [4.78, 5) is 13.8. The van der Waals surface area contributed by atoms with Gasteiger partial charge < -0.3 is 9.64 Å². The van der Waals surface area contributed by atoms with E-state index in [9.17, 15) is 4.79 Å². The zero-order chi connectivity index (χ0) is 14.0. The molecule has 1 atom stereocenters. The summed E-state index contributed by atoms with van der Waals surface area (Å²) in [7, 11) is 0. The molecule has 4 heteroatoms. The van der Waals surface area contributed by atoms with Crippen LogP contribution in [0.25, 0.3) is 0 Å². The minimum atomic E-state index is -0.473. The van der Waals surface area contributed by atoms with E-state index in [1.54, 1.807) is 4.90 Å². The molecule has 1 aromatic carbocycles. The number of benzene rings is 1. The fourth-order valence-corrected chi connectivity index (χ4v) is 2.53. The standard InChI is InChI=1S/C15H18N2O2/c1-4-19-13-7-5-12(6-8-13)17-14(18)9-11(10-16)15(17,2)3/h5-8,11H,4,9H2,1-3H3. The minimum absolute atomic E-state index is 0.000657. The van der Waals surface area contributed by atoms with Gasteiger partial charge in [-0.15, -0.1) is 0 Å². The first-order chi connectivity index (χ1) is 9.00. The Morgan fingerprint density at radius 2 is 2.05 bits per heavy atom. The number of nitriles is 1. The third-order valence-corrected chi connectivity index (χ3v) is 3.62. The highest BCUT2D eigenvalue weighted by Crippen LogP contribution is 2.39. The Morgan fingerprint density at radius 1 is 1.42 bits per heavy atom. The quantitative estimate of drug-likeness (QED) is 0.837. The van der Waals surface area contributed by atoms with Crippen molar-refractivity contribution >= 4 is 11.6 Å². The van der Waals surface area contributed by atoms with Gasteiger partial charge in [0.05, 0.1) is 24.1 Å². The maximum Gasteiger partial charge on any atom is 0.228 e. The summed E-state index contributed by atoms with van der Waals surface area (Å²) in [6.45, 7) is 6.41. The largest absolute Gasteiger partial charge is 0.494 e. The molecule has 1 aliphatic heterocycles. The molecule has 2 rings (SSSR count). The van der Waals surface area contributed by atoms with Crippen molar-refractivity contribution in [2.75, 3.05) is 11.5 Å². The molecule has 0 radical (unpaired) electrons. The van der Waals surface area contributed by atoms with Gasteiger partial charge in [0.2, 0.25) is 5.91 Å². The van der Waals surface area contributed by atoms with Crippen molar-refractivity contribution in [3.63, 3.8) is 0 Å². The molecule has 0 bridgehead atoms. The summed E-state index contributed by atoms with van der Waals surface area (Å²) < 4.78 is 5.39. The van der Waals surface area contributed by atoms with Gasteiger partial charge in [0.25, 0.3) is 0 Å². The number of hydrogen-bond donors (Lipinski definition) is 0. The zero-order valence-electron chi connectivity index (χ0n) is 11.5. The Bertz CT molecular complexity index is 514. The molecule has 0 spiro atoms. The zero-order valence-corrected chi connectivity index (χ0v) is 11.5. The lowest BCUT2D eigenvalue weighted by Gasteiger charge is -2.33. The van der Waals surface area contributed by atoms with Crippen LogP contribution < -0.4 is 9.64 Å². The van der Waals surface area contributed by atoms with E-state index in [0.29, 0.717) is 6.61 Å². The summed E-state index contributed by atoms with van der Waals surface area (Å²) in [5, 5.41) is 9.15. The summed E-state index contributed by atoms with van der Waals surface area (Å²) in [5.74, 6) is 0.514. The number of anilines is 1. The smallest absolute Gasteiger partial charge is 0.228 e. The third kappa shape index (κ3) is 2.28. The van der Waals surface area contributed by atoms with Gasteiger partial charge in [-0.2, -0.15) is 5.26 Å². The Hall–Kier alpha value is -2.02. The molecule has 19 heavy (non-hydrogen) atoms. The number of hydrogen-bond acceptors (Lipinski definition) is 3. The first-order valence-corrected chi connectivity index (χ1v) is 6.46. The molecule has 1 saturated heterocycles. The highest BCUT2D eigenvalue weighted by atomic mass is 16.5. The predicted octanol–water partition coefficient (Wildman–Crippen LogP) is 2.74. The molecule has 100 valence electrons. The molecular formula is C15H18N2O2. The van der Waals surface area contributed by atoms with Crippen molar-refractivity contribution in [1.82, 2.24) is 0 Å². The van der Waals surface area contributed by atoms with E-state index in [1.807, 2.05) is 45.0 Å². The van der Waals surface area contributed by atoms with Crippen molar-refractivity contribution in [2.45, 2.75) is 32.7 Å². The van der Waals surface area contributed by atoms with Crippen molar-refractivity contribution in [2.24, 2.45) is 5.92 Å². The van der Waals surface area contributed by atoms with Crippen LogP contribution in [0.1, 0.15) is 27.2 Å². The first kappa shape index (κ1) is 13.4. The van der Waals surface area contributed by atoms with Gasteiger partial charge in [0, 0.05) is 12.1 Å². The van der Waals surface area contributed by atoms with E-state index in [4.69, 9.17) is 10.00 Å². The van der Waals surface area contributed by atoms with Crippen LogP contribution in [0.5, 0.6) is 5.75 Å². The topological polar surface area (TPSA) is 53.3 Å². The molecule has 1 aliphatic rings. The predicted molar refractivity (Wildman–Crippen MR) is 72.9 cm³/mol. The molecule has 1 amide bonds. The van der Waals surface area contributed by atoms with E-state index in [2.05, 4.69) is 6.07 Å². The molecule has 1 heterocycles. The van der Waals surface area contributed by atoms with Crippen LogP contribution in [0, 0.1) is 17.2 Å². The molecule has 0 saturated carbocycles. The summed E-state index contributed by atoms with van der Waals surface area (Å²) in [6, 6.07) is 9.66. The van der Waals surface area contributed by atoms with Crippen LogP contribution in [-0.4, -0.2) is 18.1 Å². The molecule has 1 aromatic rings. The van der Waals surface area contributed by atoms with Crippen LogP contribution in [0.2, 0.25) is 0 Å². The van der Waals surface area contributed by atoms with Crippen molar-refractivity contribution in [3.05, 3.63) is 24.3 Å². The third-order valence-electron chi connectivity index (χ3n) is 3.62. The fraction of sp³-hybridized carbons (Fsp3) is 0.467. The van der Waals surface area contributed by atoms with E-state index in [-0.39, 0.29) is 18.2 Å². The Morgan fingerprint density at radius 3 is 2.53 bits per heavy atom. The number of rotatable bonds is 3. The monoisotopic (exact) mass is 258 g/mol. The lowest BCUT2D eigenvalue weighted by molar-refractivity contribution is -0.117. The van der Waals surface area contributed by atoms with Gasteiger partial charge in [0.1, 0.15) is 5.75 Å². The van der Waals surface area contributed by atoms with Gasteiger partial charge in [-0.25, -0.2) is 0 Å². The average molecular weight is 258 g/mol. The van der Waals surface area contributed by atoms with Gasteiger partial charge >= 0.3 is 0 Å². The van der Waals surface area contributed by atoms with Gasteiger partial charge in [0.15, 0.2) is 0 Å². The maximum absolute atomic E-state index is 12.1. The van der Waals surface area contributed by atoms with E-state index >= 15 is 0 Å². The SMILES string of the molecule is CCOc1ccc(N2C(=O)CC(C#N)C2(C)C)cc1. The van der Waals surface area contributed by atoms with Crippen LogP contribution in [0.15, 0.2) is 24.3 Å². The molecule has 0 N–H and O–H groups in total. The molecule has 4 nitrogen and oxygen atoms in total. The Labute approximate surface area is 113 Å². The van der Waals surface area contributed by atoms with Crippen molar-refractivity contribution < 1.29 is 9.53 Å². The van der Waals surface area contributed by atoms with E-state index in [1.165, 1.54) is 0 Å². The van der Waals surface area contributed by atoms with Gasteiger partial charge in [-0.1, -0.05) is 0 Å². The van der Waals surface area contributed by atoms with Crippen molar-refractivity contribution in [3.8, 4) is 11.8 Å². The number of carbonyl (C=O) groups is 1. The molecule has 0 aromatic heterocycles. The van der Waals surface area contributed by atoms with Crippen LogP contribution >= 0.6 is 0 Å². The van der Waals surface area contributed by atoms with E-state index < -0.39 is 5.54 Å². The minimum Gasteiger partial charge on any atom is -0.494 e. The second-order valence-corrected chi connectivity index (χ2v) is 5.20. The number of amides is 1. The summed E-state index contributed by atoms with van der Waals surface area (Å²) >= 11 is 0. The fourth-order valence-electron chi connectivity index (χ4n) is 2.53. The van der Waals surface area contributed by atoms with Gasteiger partial charge in [-0.05, 0) is 45.0 Å². The Kier molecular flexibility index (Phi) is 3.48. The van der Waals surface area contributed by atoms with Crippen LogP contribution in [-0.2, 0) is 4.79 Å². The second-order valence-electron chi connectivity index (χ2n) is 5.20. The second kappa shape index (κ2) is 4.93. The normalized spacial score (nSPS) is 21.3. The van der Waals surface area contributed by atoms with Crippen molar-refractivity contribution in [1.29, 1.82) is 5.26 Å². The highest BCUT2D eigenvalue weighted by Gasteiger charge is 2.47. The number of carbonyl (C=O) groups excluding carboxylic acids is 1. The van der Waals surface area contributed by atoms with Crippen LogP contribution in [0.3, 0.4) is 0 Å². The van der Waals surface area contributed by atoms with E-state index in [0.717, 1.165) is 11.4 Å². The first-order valence-electron chi connectivity index (χ1n) is 6.46. The molecular weight excluding hydrogens is 240 g/mol. The maximum atomic E-state index is 12.1. The molecule has 1 fully saturated rings. The molecule has 1 unspecified atom stereocenters. The van der Waals surface area contributed by atoms with Crippen LogP contribution in [0.4, 0.5) is 5.69 Å². The number of nitrogens with zero attached hydrogens (tertiary/aromatic N) is 2. The lowest BCUT2D eigenvalue weighted by Crippen LogP contribution is -2.44. The highest BCUT2D eigenvalue weighted by molar-refractivity contribution is 5.98. The Balaban J connectivity index is 2.31. The lowest BCUT2D eigenvalue weighted by atomic mass is 9.89. The summed E-state index contributed by atoms with van der Waals surface area (Å²) in [6.07, 6.45) is 0.288. The average Bonchev–Trinajstić information content (AvgIpc) is 2.60.